The van der Waals surface area contributed by atoms with Crippen LogP contribution in [0.5, 0.6) is 5.75 Å². The van der Waals surface area contributed by atoms with E-state index in [1.165, 1.54) is 32.1 Å². The molecule has 0 aliphatic rings. The van der Waals surface area contributed by atoms with Gasteiger partial charge in [-0.15, -0.1) is 0 Å². The molecule has 0 aliphatic carbocycles. The minimum absolute atomic E-state index is 0.0316. The third-order valence-corrected chi connectivity index (χ3v) is 6.11. The molecular weight excluding hydrogens is 387 g/mol. The molecule has 114 valence electrons. The van der Waals surface area contributed by atoms with Crippen molar-refractivity contribution in [3.8, 4) is 5.75 Å². The van der Waals surface area contributed by atoms with Crippen molar-refractivity contribution in [1.82, 2.24) is 0 Å². The predicted octanol–water partition coefficient (Wildman–Crippen LogP) is 4.69. The first kappa shape index (κ1) is 17.8. The predicted molar refractivity (Wildman–Crippen MR) is 92.0 cm³/mol. The monoisotopic (exact) mass is 410 g/mol. The van der Waals surface area contributed by atoms with E-state index >= 15 is 0 Å². The Balaban J connectivity index is 2.49. The molecule has 3 nitrogen and oxygen atoms in total. The van der Waals surface area contributed by atoms with Crippen molar-refractivity contribution in [2.45, 2.75) is 51.9 Å². The molecule has 0 aliphatic heterocycles. The standard InChI is InChI=1S/C15H23IO3S/c1-2-3-4-5-6-7-10-14-11-8-9-12-15(14)19-20(17,18)13-16/h8-9,11-12H,2-7,10,13H2,1H3. The van der Waals surface area contributed by atoms with Gasteiger partial charge in [0.1, 0.15) is 9.51 Å². The van der Waals surface area contributed by atoms with Gasteiger partial charge in [-0.05, 0) is 24.5 Å². The number of halogens is 1. The maximum Gasteiger partial charge on any atom is 0.318 e. The van der Waals surface area contributed by atoms with E-state index in [9.17, 15) is 8.42 Å². The average Bonchev–Trinajstić information content (AvgIpc) is 2.44. The summed E-state index contributed by atoms with van der Waals surface area (Å²) in [5, 5.41) is 0. The van der Waals surface area contributed by atoms with Gasteiger partial charge in [0.25, 0.3) is 0 Å². The van der Waals surface area contributed by atoms with Crippen LogP contribution in [0, 0.1) is 0 Å². The molecule has 0 fully saturated rings. The van der Waals surface area contributed by atoms with Crippen LogP contribution in [0.2, 0.25) is 0 Å². The van der Waals surface area contributed by atoms with Gasteiger partial charge in [0, 0.05) is 0 Å². The molecule has 0 N–H and O–H groups in total. The molecule has 0 radical (unpaired) electrons. The van der Waals surface area contributed by atoms with E-state index in [0.717, 1.165) is 18.4 Å². The molecule has 0 heterocycles. The smallest absolute Gasteiger partial charge is 0.318 e. The molecule has 0 saturated heterocycles. The number of benzene rings is 1. The minimum Gasteiger partial charge on any atom is -0.382 e. The fourth-order valence-electron chi connectivity index (χ4n) is 2.05. The second-order valence-electron chi connectivity index (χ2n) is 4.88. The number of hydrogen-bond donors (Lipinski definition) is 0. The Morgan fingerprint density at radius 3 is 2.40 bits per heavy atom. The first-order valence-electron chi connectivity index (χ1n) is 7.15. The highest BCUT2D eigenvalue weighted by Gasteiger charge is 2.13. The summed E-state index contributed by atoms with van der Waals surface area (Å²) in [7, 11) is -3.45. The lowest BCUT2D eigenvalue weighted by molar-refractivity contribution is 0.487. The summed E-state index contributed by atoms with van der Waals surface area (Å²) >= 11 is 1.80. The molecule has 0 amide bonds. The molecule has 0 saturated carbocycles. The summed E-state index contributed by atoms with van der Waals surface area (Å²) in [5.41, 5.74) is 0.983. The van der Waals surface area contributed by atoms with Gasteiger partial charge in [0.05, 0.1) is 0 Å². The average molecular weight is 410 g/mol. The van der Waals surface area contributed by atoms with E-state index < -0.39 is 10.1 Å². The maximum absolute atomic E-state index is 11.5. The number of alkyl halides is 1. The summed E-state index contributed by atoms with van der Waals surface area (Å²) in [6, 6.07) is 7.42. The van der Waals surface area contributed by atoms with E-state index in [2.05, 4.69) is 6.92 Å². The fraction of sp³-hybridized carbons (Fsp3) is 0.600. The molecule has 0 atom stereocenters. The highest BCUT2D eigenvalue weighted by atomic mass is 127. The summed E-state index contributed by atoms with van der Waals surface area (Å²) < 4.78 is 28.2. The van der Waals surface area contributed by atoms with Crippen LogP contribution in [0.3, 0.4) is 0 Å². The Hall–Kier alpha value is -0.300. The lowest BCUT2D eigenvalue weighted by Crippen LogP contribution is -2.11. The van der Waals surface area contributed by atoms with Gasteiger partial charge in [-0.2, -0.15) is 8.42 Å². The fourth-order valence-corrected chi connectivity index (χ4v) is 2.91. The second kappa shape index (κ2) is 9.60. The molecule has 1 rings (SSSR count). The molecule has 1 aromatic carbocycles. The lowest BCUT2D eigenvalue weighted by atomic mass is 10.0. The SMILES string of the molecule is CCCCCCCCc1ccccc1OS(=O)(=O)CI. The Morgan fingerprint density at radius 1 is 1.05 bits per heavy atom. The molecule has 5 heteroatoms. The zero-order valence-corrected chi connectivity index (χ0v) is 15.0. The first-order valence-corrected chi connectivity index (χ1v) is 10.3. The summed E-state index contributed by atoms with van der Waals surface area (Å²) in [6.07, 6.45) is 8.24. The van der Waals surface area contributed by atoms with Crippen molar-refractivity contribution < 1.29 is 12.6 Å². The van der Waals surface area contributed by atoms with Crippen molar-refractivity contribution in [2.75, 3.05) is 3.76 Å². The highest BCUT2D eigenvalue weighted by Crippen LogP contribution is 2.23. The van der Waals surface area contributed by atoms with Crippen LogP contribution in [0.15, 0.2) is 24.3 Å². The topological polar surface area (TPSA) is 43.4 Å². The molecule has 1 aromatic rings. The normalized spacial score (nSPS) is 11.5. The minimum atomic E-state index is -3.45. The summed E-state index contributed by atoms with van der Waals surface area (Å²) in [4.78, 5) is 0. The van der Waals surface area contributed by atoms with Gasteiger partial charge in [0.15, 0.2) is 0 Å². The lowest BCUT2D eigenvalue weighted by Gasteiger charge is -2.10. The van der Waals surface area contributed by atoms with Crippen LogP contribution >= 0.6 is 22.6 Å². The van der Waals surface area contributed by atoms with Crippen molar-refractivity contribution in [3.05, 3.63) is 29.8 Å². The van der Waals surface area contributed by atoms with Crippen LogP contribution in [0.1, 0.15) is 51.0 Å². The van der Waals surface area contributed by atoms with Gasteiger partial charge >= 0.3 is 10.1 Å². The van der Waals surface area contributed by atoms with Crippen LogP contribution in [-0.2, 0) is 16.5 Å². The number of hydrogen-bond acceptors (Lipinski definition) is 3. The van der Waals surface area contributed by atoms with E-state index in [1.54, 1.807) is 28.7 Å². The van der Waals surface area contributed by atoms with Crippen LogP contribution in [-0.4, -0.2) is 12.2 Å². The molecule has 20 heavy (non-hydrogen) atoms. The number of unbranched alkanes of at least 4 members (excludes halogenated alkanes) is 5. The summed E-state index contributed by atoms with van der Waals surface area (Å²) in [5.74, 6) is 0.484. The highest BCUT2D eigenvalue weighted by molar-refractivity contribution is 14.1. The van der Waals surface area contributed by atoms with Gasteiger partial charge in [-0.3, -0.25) is 0 Å². The Bertz CT molecular complexity index is 486. The summed E-state index contributed by atoms with van der Waals surface area (Å²) in [6.45, 7) is 2.21. The molecular formula is C15H23IO3S. The third-order valence-electron chi connectivity index (χ3n) is 3.12. The quantitative estimate of drug-likeness (QED) is 0.243. The zero-order chi connectivity index (χ0) is 14.8. The van der Waals surface area contributed by atoms with Gasteiger partial charge < -0.3 is 4.18 Å². The second-order valence-corrected chi connectivity index (χ2v) is 8.24. The van der Waals surface area contributed by atoms with Crippen LogP contribution in [0.4, 0.5) is 0 Å². The van der Waals surface area contributed by atoms with Crippen molar-refractivity contribution in [1.29, 1.82) is 0 Å². The van der Waals surface area contributed by atoms with Crippen LogP contribution < -0.4 is 4.18 Å². The molecule has 0 aromatic heterocycles. The Labute approximate surface area is 136 Å². The van der Waals surface area contributed by atoms with E-state index in [-0.39, 0.29) is 3.76 Å². The number of rotatable bonds is 10. The first-order chi connectivity index (χ1) is 9.59. The van der Waals surface area contributed by atoms with Crippen molar-refractivity contribution in [2.24, 2.45) is 0 Å². The zero-order valence-electron chi connectivity index (χ0n) is 12.0. The molecule has 0 spiro atoms. The molecule has 0 unspecified atom stereocenters. The third kappa shape index (κ3) is 6.92. The Kier molecular flexibility index (Phi) is 8.52. The van der Waals surface area contributed by atoms with E-state index in [0.29, 0.717) is 5.75 Å². The van der Waals surface area contributed by atoms with Gasteiger partial charge in [0.2, 0.25) is 0 Å². The Morgan fingerprint density at radius 2 is 1.70 bits per heavy atom. The number of aryl methyl sites for hydroxylation is 1. The van der Waals surface area contributed by atoms with Gasteiger partial charge in [-0.1, -0.05) is 79.8 Å². The maximum atomic E-state index is 11.5. The number of para-hydroxylation sites is 1. The largest absolute Gasteiger partial charge is 0.382 e. The molecule has 0 bridgehead atoms. The van der Waals surface area contributed by atoms with Gasteiger partial charge in [-0.25, -0.2) is 0 Å². The van der Waals surface area contributed by atoms with Crippen molar-refractivity contribution >= 4 is 32.7 Å². The van der Waals surface area contributed by atoms with E-state index in [1.807, 2.05) is 18.2 Å². The van der Waals surface area contributed by atoms with Crippen molar-refractivity contribution in [3.63, 3.8) is 0 Å². The van der Waals surface area contributed by atoms with E-state index in [4.69, 9.17) is 4.18 Å². The van der Waals surface area contributed by atoms with Crippen LogP contribution in [0.25, 0.3) is 0 Å².